The Hall–Kier alpha value is -0.760. The van der Waals surface area contributed by atoms with Gasteiger partial charge in [0.05, 0.1) is 11.1 Å². The molecule has 0 aliphatic heterocycles. The summed E-state index contributed by atoms with van der Waals surface area (Å²) in [6, 6.07) is 4.79. The first-order valence-corrected chi connectivity index (χ1v) is 4.26. The summed E-state index contributed by atoms with van der Waals surface area (Å²) in [4.78, 5) is 0. The lowest BCUT2D eigenvalue weighted by atomic mass is 10.3. The molecular formula is C9H8ClFO. The first-order chi connectivity index (χ1) is 5.77. The third-order valence-corrected chi connectivity index (χ3v) is 2.03. The Morgan fingerprint density at radius 2 is 2.17 bits per heavy atom. The lowest BCUT2D eigenvalue weighted by molar-refractivity contribution is 0.287. The van der Waals surface area contributed by atoms with E-state index in [4.69, 9.17) is 16.3 Å². The predicted molar refractivity (Wildman–Crippen MR) is 45.1 cm³/mol. The second kappa shape index (κ2) is 2.94. The largest absolute Gasteiger partial charge is 0.487 e. The van der Waals surface area contributed by atoms with Crippen LogP contribution in [0.4, 0.5) is 4.39 Å². The van der Waals surface area contributed by atoms with Gasteiger partial charge in [-0.3, -0.25) is 0 Å². The van der Waals surface area contributed by atoms with Gasteiger partial charge in [-0.05, 0) is 25.0 Å². The zero-order chi connectivity index (χ0) is 8.55. The van der Waals surface area contributed by atoms with E-state index in [1.165, 1.54) is 6.07 Å². The normalized spacial score (nSPS) is 16.2. The molecule has 1 aromatic carbocycles. The van der Waals surface area contributed by atoms with Crippen molar-refractivity contribution in [1.82, 2.24) is 0 Å². The van der Waals surface area contributed by atoms with Crippen molar-refractivity contribution in [3.05, 3.63) is 29.0 Å². The van der Waals surface area contributed by atoms with E-state index >= 15 is 0 Å². The molecule has 1 fully saturated rings. The number of ether oxygens (including phenoxy) is 1. The molecule has 1 saturated carbocycles. The number of benzene rings is 1. The zero-order valence-electron chi connectivity index (χ0n) is 6.39. The predicted octanol–water partition coefficient (Wildman–Crippen LogP) is 3.02. The molecule has 12 heavy (non-hydrogen) atoms. The van der Waals surface area contributed by atoms with Crippen LogP contribution in [-0.2, 0) is 0 Å². The van der Waals surface area contributed by atoms with Crippen molar-refractivity contribution < 1.29 is 9.13 Å². The molecule has 2 rings (SSSR count). The van der Waals surface area contributed by atoms with E-state index in [2.05, 4.69) is 0 Å². The van der Waals surface area contributed by atoms with E-state index < -0.39 is 5.82 Å². The maximum absolute atomic E-state index is 13.1. The van der Waals surface area contributed by atoms with Gasteiger partial charge >= 0.3 is 0 Å². The van der Waals surface area contributed by atoms with Gasteiger partial charge in [0.2, 0.25) is 0 Å². The molecule has 0 radical (unpaired) electrons. The van der Waals surface area contributed by atoms with E-state index in [9.17, 15) is 4.39 Å². The maximum atomic E-state index is 13.1. The highest BCUT2D eigenvalue weighted by Crippen LogP contribution is 2.30. The molecule has 1 aliphatic carbocycles. The number of hydrogen-bond acceptors (Lipinski definition) is 1. The van der Waals surface area contributed by atoms with Crippen LogP contribution in [0.5, 0.6) is 5.75 Å². The fourth-order valence-electron chi connectivity index (χ4n) is 0.940. The third-order valence-electron chi connectivity index (χ3n) is 1.73. The van der Waals surface area contributed by atoms with Gasteiger partial charge in [-0.25, -0.2) is 4.39 Å². The van der Waals surface area contributed by atoms with Gasteiger partial charge in [-0.1, -0.05) is 17.7 Å². The Bertz CT molecular complexity index is 297. The summed E-state index contributed by atoms with van der Waals surface area (Å²) in [6.07, 6.45) is 2.25. The van der Waals surface area contributed by atoms with Crippen LogP contribution < -0.4 is 4.74 Å². The van der Waals surface area contributed by atoms with Gasteiger partial charge in [0.1, 0.15) is 0 Å². The van der Waals surface area contributed by atoms with Crippen molar-refractivity contribution in [2.75, 3.05) is 0 Å². The molecule has 0 bridgehead atoms. The Morgan fingerprint density at radius 1 is 1.42 bits per heavy atom. The minimum atomic E-state index is -0.453. The smallest absolute Gasteiger partial charge is 0.183 e. The Balaban J connectivity index is 2.23. The second-order valence-electron chi connectivity index (χ2n) is 2.87. The van der Waals surface area contributed by atoms with Gasteiger partial charge < -0.3 is 4.74 Å². The topological polar surface area (TPSA) is 9.23 Å². The quantitative estimate of drug-likeness (QED) is 0.690. The number of halogens is 2. The highest BCUT2D eigenvalue weighted by atomic mass is 35.5. The van der Waals surface area contributed by atoms with Gasteiger partial charge in [0.25, 0.3) is 0 Å². The molecule has 3 heteroatoms. The molecule has 0 spiro atoms. The van der Waals surface area contributed by atoms with Gasteiger partial charge in [0.15, 0.2) is 11.6 Å². The lowest BCUT2D eigenvalue weighted by Gasteiger charge is -2.05. The van der Waals surface area contributed by atoms with E-state index in [0.717, 1.165) is 12.8 Å². The Kier molecular flexibility index (Phi) is 1.93. The average Bonchev–Trinajstić information content (AvgIpc) is 2.83. The summed E-state index contributed by atoms with van der Waals surface area (Å²) in [6.45, 7) is 0. The minimum Gasteiger partial charge on any atom is -0.487 e. The summed E-state index contributed by atoms with van der Waals surface area (Å²) in [7, 11) is 0. The second-order valence-corrected chi connectivity index (χ2v) is 3.28. The van der Waals surface area contributed by atoms with Gasteiger partial charge in [-0.15, -0.1) is 0 Å². The van der Waals surface area contributed by atoms with Crippen LogP contribution in [0.25, 0.3) is 0 Å². The monoisotopic (exact) mass is 186 g/mol. The van der Waals surface area contributed by atoms with Crippen LogP contribution in [0.15, 0.2) is 18.2 Å². The van der Waals surface area contributed by atoms with Crippen LogP contribution >= 0.6 is 11.6 Å². The molecule has 0 unspecified atom stereocenters. The van der Waals surface area contributed by atoms with Crippen LogP contribution in [-0.4, -0.2) is 6.10 Å². The molecule has 64 valence electrons. The van der Waals surface area contributed by atoms with Crippen molar-refractivity contribution in [2.24, 2.45) is 0 Å². The maximum Gasteiger partial charge on any atom is 0.183 e. The summed E-state index contributed by atoms with van der Waals surface area (Å²) in [5.74, 6) is -0.184. The zero-order valence-corrected chi connectivity index (χ0v) is 7.14. The van der Waals surface area contributed by atoms with E-state index in [1.54, 1.807) is 12.1 Å². The lowest BCUT2D eigenvalue weighted by Crippen LogP contribution is -1.98. The molecule has 1 aliphatic rings. The highest BCUT2D eigenvalue weighted by Gasteiger charge is 2.24. The van der Waals surface area contributed by atoms with E-state index in [0.29, 0.717) is 0 Å². The summed E-state index contributed by atoms with van der Waals surface area (Å²) >= 11 is 5.56. The summed E-state index contributed by atoms with van der Waals surface area (Å²) < 4.78 is 18.4. The molecule has 0 N–H and O–H groups in total. The van der Waals surface area contributed by atoms with Crippen molar-refractivity contribution in [3.8, 4) is 5.75 Å². The molecule has 0 aromatic heterocycles. The standard InChI is InChI=1S/C9H8ClFO/c10-7-2-1-3-8(9(7)11)12-6-4-5-6/h1-3,6H,4-5H2. The number of hydrogen-bond donors (Lipinski definition) is 0. The Labute approximate surface area is 75.1 Å². The summed E-state index contributed by atoms with van der Waals surface area (Å²) in [5.41, 5.74) is 0. The van der Waals surface area contributed by atoms with Crippen LogP contribution in [0.3, 0.4) is 0 Å². The molecule has 1 aromatic rings. The average molecular weight is 187 g/mol. The van der Waals surface area contributed by atoms with Crippen molar-refractivity contribution in [3.63, 3.8) is 0 Å². The van der Waals surface area contributed by atoms with Crippen molar-refractivity contribution in [2.45, 2.75) is 18.9 Å². The first kappa shape index (κ1) is 7.87. The molecule has 0 saturated heterocycles. The Morgan fingerprint density at radius 3 is 2.83 bits per heavy atom. The van der Waals surface area contributed by atoms with E-state index in [-0.39, 0.29) is 16.9 Å². The fraction of sp³-hybridized carbons (Fsp3) is 0.333. The SMILES string of the molecule is Fc1c(Cl)cccc1OC1CC1. The highest BCUT2D eigenvalue weighted by molar-refractivity contribution is 6.30. The van der Waals surface area contributed by atoms with Crippen LogP contribution in [0.1, 0.15) is 12.8 Å². The minimum absolute atomic E-state index is 0.119. The molecule has 0 atom stereocenters. The third kappa shape index (κ3) is 1.53. The fourth-order valence-corrected chi connectivity index (χ4v) is 1.11. The summed E-state index contributed by atoms with van der Waals surface area (Å²) in [5, 5.41) is 0.119. The molecule has 0 heterocycles. The van der Waals surface area contributed by atoms with Gasteiger partial charge in [-0.2, -0.15) is 0 Å². The van der Waals surface area contributed by atoms with Crippen LogP contribution in [0, 0.1) is 5.82 Å². The molecular weight excluding hydrogens is 179 g/mol. The van der Waals surface area contributed by atoms with Crippen molar-refractivity contribution >= 4 is 11.6 Å². The van der Waals surface area contributed by atoms with Crippen LogP contribution in [0.2, 0.25) is 5.02 Å². The molecule has 1 nitrogen and oxygen atoms in total. The number of rotatable bonds is 2. The van der Waals surface area contributed by atoms with E-state index in [1.807, 2.05) is 0 Å². The van der Waals surface area contributed by atoms with Gasteiger partial charge in [0, 0.05) is 0 Å². The first-order valence-electron chi connectivity index (χ1n) is 3.88. The molecule has 0 amide bonds. The van der Waals surface area contributed by atoms with Crippen molar-refractivity contribution in [1.29, 1.82) is 0 Å².